The van der Waals surface area contributed by atoms with Gasteiger partial charge in [-0.05, 0) is 23.0 Å². The molecule has 0 saturated carbocycles. The van der Waals surface area contributed by atoms with Crippen LogP contribution in [0.25, 0.3) is 32.7 Å². The molecule has 0 saturated heterocycles. The molecule has 0 N–H and O–H groups in total. The Kier molecular flexibility index (Phi) is 9.40. The fourth-order valence-electron chi connectivity index (χ4n) is 4.16. The topological polar surface area (TPSA) is 0 Å². The van der Waals surface area contributed by atoms with Crippen LogP contribution in [0.5, 0.6) is 0 Å². The van der Waals surface area contributed by atoms with Crippen molar-refractivity contribution in [1.82, 2.24) is 0 Å². The van der Waals surface area contributed by atoms with Gasteiger partial charge in [-0.2, -0.15) is 23.8 Å². The molecule has 0 aliphatic heterocycles. The molecular formula is C35H39FHf. The van der Waals surface area contributed by atoms with Gasteiger partial charge in [0.15, 0.2) is 0 Å². The van der Waals surface area contributed by atoms with Crippen molar-refractivity contribution >= 4 is 24.8 Å². The van der Waals surface area contributed by atoms with Crippen LogP contribution in [-0.2, 0) is 34.7 Å². The summed E-state index contributed by atoms with van der Waals surface area (Å²) in [5, 5.41) is 5.48. The number of hydrogen-bond donors (Lipinski definition) is 0. The van der Waals surface area contributed by atoms with Gasteiger partial charge in [-0.25, -0.2) is 4.39 Å². The van der Waals surface area contributed by atoms with Crippen LogP contribution in [0.4, 0.5) is 4.39 Å². The first-order chi connectivity index (χ1) is 17.3. The molecule has 0 nitrogen and oxygen atoms in total. The summed E-state index contributed by atoms with van der Waals surface area (Å²) in [5.41, 5.74) is 5.40. The largest absolute Gasteiger partial charge is 0.207 e. The third-order valence-corrected chi connectivity index (χ3v) is 6.28. The molecule has 0 aromatic heterocycles. The summed E-state index contributed by atoms with van der Waals surface area (Å²) >= 11 is 1.27. The van der Waals surface area contributed by atoms with Gasteiger partial charge in [-0.1, -0.05) is 94.6 Å². The standard InChI is InChI=1S/C21H25.C11H8F.C3H6.Hf/c1-20(2,3)16-7-9-18-14(12-16)11-15-13-17(21(4,5)6)8-10-19(15)18;12-11-7-5-10(6-8-11)9-3-1-2-4-9;1-3-2;/h7-13H,1-6H3;1-8H;1-2H3;/q2*-1;;+2. The van der Waals surface area contributed by atoms with Crippen LogP contribution in [0.2, 0.25) is 0 Å². The molecule has 0 unspecified atom stereocenters. The average Bonchev–Trinajstić information content (AvgIpc) is 3.46. The smallest absolute Gasteiger partial charge is 0.121 e. The summed E-state index contributed by atoms with van der Waals surface area (Å²) in [5.74, 6) is -0.190. The van der Waals surface area contributed by atoms with Crippen molar-refractivity contribution in [2.75, 3.05) is 0 Å². The average molecular weight is 657 g/mol. The van der Waals surface area contributed by atoms with Gasteiger partial charge in [0.05, 0.1) is 0 Å². The number of benzene rings is 3. The van der Waals surface area contributed by atoms with Gasteiger partial charge in [0, 0.05) is 0 Å². The van der Waals surface area contributed by atoms with E-state index in [1.807, 2.05) is 24.3 Å². The summed E-state index contributed by atoms with van der Waals surface area (Å²) in [6.07, 6.45) is 0. The summed E-state index contributed by atoms with van der Waals surface area (Å²) in [7, 11) is 0. The molecule has 0 fully saturated rings. The van der Waals surface area contributed by atoms with Crippen LogP contribution in [0.3, 0.4) is 0 Å². The Bertz CT molecular complexity index is 1380. The van der Waals surface area contributed by atoms with E-state index in [1.165, 1.54) is 68.7 Å². The van der Waals surface area contributed by atoms with Crippen LogP contribution in [0, 0.1) is 5.82 Å². The molecule has 0 amide bonds. The molecule has 0 radical (unpaired) electrons. The second kappa shape index (κ2) is 11.9. The third kappa shape index (κ3) is 8.01. The minimum absolute atomic E-state index is 0.190. The zero-order chi connectivity index (χ0) is 27.4. The minimum atomic E-state index is -0.190. The van der Waals surface area contributed by atoms with Crippen LogP contribution < -0.4 is 0 Å². The molecule has 0 aliphatic carbocycles. The Balaban J connectivity index is 0.000000200. The van der Waals surface area contributed by atoms with Crippen molar-refractivity contribution in [1.29, 1.82) is 0 Å². The SMILES string of the molecule is CC(C)(C)c1ccc2c(c1)[cH-]c1cc(C(C)(C)C)ccc12.C[C](C)=[Hf+2].Fc1ccc(-c2ccc[cH-]2)cc1. The summed E-state index contributed by atoms with van der Waals surface area (Å²) in [6.45, 7) is 17.9. The maximum absolute atomic E-state index is 12.5. The number of fused-ring (bicyclic) bond motifs is 3. The first-order valence-corrected chi connectivity index (χ1v) is 14.7. The van der Waals surface area contributed by atoms with Crippen molar-refractivity contribution in [3.63, 3.8) is 0 Å². The van der Waals surface area contributed by atoms with Crippen molar-refractivity contribution < 1.29 is 28.3 Å². The molecule has 0 atom stereocenters. The van der Waals surface area contributed by atoms with Crippen LogP contribution >= 0.6 is 0 Å². The van der Waals surface area contributed by atoms with Crippen molar-refractivity contribution in [2.24, 2.45) is 0 Å². The van der Waals surface area contributed by atoms with E-state index in [-0.39, 0.29) is 16.6 Å². The maximum Gasteiger partial charge on any atom is 0.121 e. The molecular weight excluding hydrogens is 618 g/mol. The van der Waals surface area contributed by atoms with Gasteiger partial charge < -0.3 is 0 Å². The van der Waals surface area contributed by atoms with E-state index >= 15 is 0 Å². The normalized spacial score (nSPS) is 11.5. The molecule has 0 spiro atoms. The van der Waals surface area contributed by atoms with Crippen LogP contribution in [0.15, 0.2) is 91.0 Å². The Hall–Kier alpha value is -2.45. The molecule has 37 heavy (non-hydrogen) atoms. The van der Waals surface area contributed by atoms with Gasteiger partial charge in [-0.15, -0.1) is 45.8 Å². The summed E-state index contributed by atoms with van der Waals surface area (Å²) in [4.78, 5) is 0. The Labute approximate surface area is 237 Å². The minimum Gasteiger partial charge on any atom is -0.207 e. The van der Waals surface area contributed by atoms with E-state index in [9.17, 15) is 4.39 Å². The number of halogens is 1. The van der Waals surface area contributed by atoms with Crippen molar-refractivity contribution in [3.8, 4) is 11.1 Å². The summed E-state index contributed by atoms with van der Waals surface area (Å²) in [6, 6.07) is 30.6. The van der Waals surface area contributed by atoms with Crippen molar-refractivity contribution in [2.45, 2.75) is 66.2 Å². The zero-order valence-corrected chi connectivity index (χ0v) is 27.1. The quantitative estimate of drug-likeness (QED) is 0.124. The monoisotopic (exact) mass is 658 g/mol. The van der Waals surface area contributed by atoms with E-state index in [1.54, 1.807) is 15.4 Å². The third-order valence-electron chi connectivity index (χ3n) is 6.28. The zero-order valence-electron chi connectivity index (χ0n) is 23.5. The first kappa shape index (κ1) is 29.1. The van der Waals surface area contributed by atoms with Crippen molar-refractivity contribution in [3.05, 3.63) is 108 Å². The number of rotatable bonds is 1. The molecule has 5 rings (SSSR count). The number of hydrogen-bond acceptors (Lipinski definition) is 0. The van der Waals surface area contributed by atoms with Gasteiger partial charge in [0.25, 0.3) is 0 Å². The van der Waals surface area contributed by atoms with E-state index in [0.717, 1.165) is 11.1 Å². The predicted molar refractivity (Wildman–Crippen MR) is 158 cm³/mol. The fraction of sp³-hybridized carbons (Fsp3) is 0.286. The molecule has 5 aromatic rings. The van der Waals surface area contributed by atoms with E-state index < -0.39 is 0 Å². The van der Waals surface area contributed by atoms with Gasteiger partial charge >= 0.3 is 41.0 Å². The second-order valence-corrected chi connectivity index (χ2v) is 15.5. The summed E-state index contributed by atoms with van der Waals surface area (Å²) < 4.78 is 14.1. The molecule has 0 bridgehead atoms. The Morgan fingerprint density at radius 3 is 1.54 bits per heavy atom. The molecule has 0 aliphatic rings. The van der Waals surface area contributed by atoms with Gasteiger partial charge in [0.1, 0.15) is 5.82 Å². The van der Waals surface area contributed by atoms with E-state index in [4.69, 9.17) is 0 Å². The molecule has 0 heterocycles. The predicted octanol–water partition coefficient (Wildman–Crippen LogP) is 10.3. The molecule has 5 aromatic carbocycles. The first-order valence-electron chi connectivity index (χ1n) is 12.9. The second-order valence-electron chi connectivity index (χ2n) is 11.9. The fourth-order valence-corrected chi connectivity index (χ4v) is 4.16. The van der Waals surface area contributed by atoms with Gasteiger partial charge in [-0.3, -0.25) is 0 Å². The van der Waals surface area contributed by atoms with E-state index in [2.05, 4.69) is 97.9 Å². The van der Waals surface area contributed by atoms with Gasteiger partial charge in [0.2, 0.25) is 0 Å². The Morgan fingerprint density at radius 1 is 0.703 bits per heavy atom. The maximum atomic E-state index is 12.5. The Morgan fingerprint density at radius 2 is 1.16 bits per heavy atom. The van der Waals surface area contributed by atoms with Crippen LogP contribution in [-0.4, -0.2) is 3.26 Å². The molecule has 2 heteroatoms. The molecule has 190 valence electrons. The van der Waals surface area contributed by atoms with Crippen LogP contribution in [0.1, 0.15) is 66.5 Å². The van der Waals surface area contributed by atoms with E-state index in [0.29, 0.717) is 0 Å².